The van der Waals surface area contributed by atoms with Gasteiger partial charge in [-0.25, -0.2) is 19.3 Å². The summed E-state index contributed by atoms with van der Waals surface area (Å²) >= 11 is 7.08. The molecule has 2 aromatic heterocycles. The average Bonchev–Trinajstić information content (AvgIpc) is 2.47. The molecule has 0 unspecified atom stereocenters. The zero-order chi connectivity index (χ0) is 17.2. The maximum atomic E-state index is 13.9. The molecule has 23 heavy (non-hydrogen) atoms. The molecule has 0 saturated heterocycles. The molecule has 1 atom stereocenters. The predicted octanol–water partition coefficient (Wildman–Crippen LogP) is 4.38. The molecule has 2 aromatic rings. The topological polar surface area (TPSA) is 47.9 Å². The lowest BCUT2D eigenvalue weighted by atomic mass is 10.2. The summed E-state index contributed by atoms with van der Waals surface area (Å²) in [6.07, 6.45) is -3.89. The van der Waals surface area contributed by atoms with Crippen molar-refractivity contribution in [3.63, 3.8) is 0 Å². The molecule has 0 aliphatic carbocycles. The first kappa shape index (κ1) is 17.7. The average molecular weight is 368 g/mol. The Bertz CT molecular complexity index is 714. The Balaban J connectivity index is 2.31. The van der Waals surface area contributed by atoms with Gasteiger partial charge in [0.2, 0.25) is 0 Å². The molecule has 0 aliphatic heterocycles. The largest absolute Gasteiger partial charge is 0.463 e. The van der Waals surface area contributed by atoms with E-state index in [0.29, 0.717) is 10.9 Å². The highest BCUT2D eigenvalue weighted by Crippen LogP contribution is 2.28. The third kappa shape index (κ3) is 4.44. The van der Waals surface area contributed by atoms with Crippen molar-refractivity contribution < 1.29 is 22.3 Å². The van der Waals surface area contributed by atoms with E-state index in [2.05, 4.69) is 19.7 Å². The van der Waals surface area contributed by atoms with Crippen molar-refractivity contribution in [2.45, 2.75) is 24.4 Å². The third-order valence-electron chi connectivity index (χ3n) is 2.71. The zero-order valence-electron chi connectivity index (χ0n) is 11.9. The Kier molecular flexibility index (Phi) is 5.30. The Labute approximate surface area is 138 Å². The number of hydrogen-bond donors (Lipinski definition) is 0. The number of nitrogens with zero attached hydrogens (tertiary/aromatic N) is 3. The minimum absolute atomic E-state index is 0.158. The number of alkyl halides is 3. The van der Waals surface area contributed by atoms with Crippen LogP contribution in [0.15, 0.2) is 23.5 Å². The molecule has 0 saturated carbocycles. The van der Waals surface area contributed by atoms with Gasteiger partial charge in [-0.2, -0.15) is 13.2 Å². The number of pyridine rings is 1. The molecule has 2 rings (SSSR count). The number of halogens is 5. The Morgan fingerprint density at radius 1 is 1.26 bits per heavy atom. The normalized spacial score (nSPS) is 13.0. The van der Waals surface area contributed by atoms with E-state index in [0.717, 1.165) is 19.2 Å². The van der Waals surface area contributed by atoms with Crippen molar-refractivity contribution >= 4 is 23.4 Å². The third-order valence-corrected chi connectivity index (χ3v) is 3.45. The standard InChI is InChI=1S/C13H10ClF4N3OS/c1-6(13(16,17)18)22-11-8(15)3-7(5-19-11)9-4-10(14)21-12(20-9)23-2/h3-6H,1-2H3/t6-/m1/s1. The van der Waals surface area contributed by atoms with E-state index in [9.17, 15) is 17.6 Å². The number of aromatic nitrogens is 3. The highest BCUT2D eigenvalue weighted by atomic mass is 35.5. The highest BCUT2D eigenvalue weighted by molar-refractivity contribution is 7.98. The lowest BCUT2D eigenvalue weighted by Crippen LogP contribution is -2.31. The molecule has 2 heterocycles. The van der Waals surface area contributed by atoms with E-state index < -0.39 is 24.0 Å². The van der Waals surface area contributed by atoms with Crippen molar-refractivity contribution in [1.29, 1.82) is 0 Å². The van der Waals surface area contributed by atoms with Gasteiger partial charge in [-0.15, -0.1) is 0 Å². The van der Waals surface area contributed by atoms with Gasteiger partial charge < -0.3 is 4.74 Å². The first-order chi connectivity index (χ1) is 10.7. The van der Waals surface area contributed by atoms with Gasteiger partial charge in [0.05, 0.1) is 5.69 Å². The minimum atomic E-state index is -4.61. The second-order valence-electron chi connectivity index (χ2n) is 4.38. The number of thioether (sulfide) groups is 1. The van der Waals surface area contributed by atoms with Crippen molar-refractivity contribution in [1.82, 2.24) is 15.0 Å². The molecular formula is C13H10ClF4N3OS. The second-order valence-corrected chi connectivity index (χ2v) is 5.54. The molecule has 10 heteroatoms. The maximum absolute atomic E-state index is 13.9. The van der Waals surface area contributed by atoms with Gasteiger partial charge in [0.1, 0.15) is 5.15 Å². The van der Waals surface area contributed by atoms with E-state index in [-0.39, 0.29) is 10.7 Å². The monoisotopic (exact) mass is 367 g/mol. The maximum Gasteiger partial charge on any atom is 0.425 e. The van der Waals surface area contributed by atoms with Gasteiger partial charge in [0.15, 0.2) is 17.1 Å². The number of ether oxygens (including phenoxy) is 1. The molecule has 0 radical (unpaired) electrons. The Morgan fingerprint density at radius 3 is 2.52 bits per heavy atom. The molecule has 0 fully saturated rings. The molecule has 4 nitrogen and oxygen atoms in total. The van der Waals surface area contributed by atoms with Gasteiger partial charge >= 0.3 is 6.18 Å². The van der Waals surface area contributed by atoms with Crippen LogP contribution in [0, 0.1) is 5.82 Å². The quantitative estimate of drug-likeness (QED) is 0.347. The van der Waals surface area contributed by atoms with Gasteiger partial charge in [-0.05, 0) is 19.2 Å². The van der Waals surface area contributed by atoms with Crippen LogP contribution in [-0.2, 0) is 0 Å². The summed E-state index contributed by atoms with van der Waals surface area (Å²) in [5.41, 5.74) is 0.547. The first-order valence-corrected chi connectivity index (χ1v) is 7.79. The van der Waals surface area contributed by atoms with Gasteiger partial charge in [0, 0.05) is 17.8 Å². The molecule has 124 valence electrons. The number of rotatable bonds is 4. The SMILES string of the molecule is CSc1nc(Cl)cc(-c2cnc(O[C@H](C)C(F)(F)F)c(F)c2)n1. The van der Waals surface area contributed by atoms with Crippen molar-refractivity contribution in [2.24, 2.45) is 0 Å². The lowest BCUT2D eigenvalue weighted by molar-refractivity contribution is -0.190. The fourth-order valence-electron chi connectivity index (χ4n) is 1.52. The fraction of sp³-hybridized carbons (Fsp3) is 0.308. The Morgan fingerprint density at radius 2 is 1.96 bits per heavy atom. The van der Waals surface area contributed by atoms with Crippen LogP contribution in [0.5, 0.6) is 5.88 Å². The zero-order valence-corrected chi connectivity index (χ0v) is 13.4. The summed E-state index contributed by atoms with van der Waals surface area (Å²) in [6, 6.07) is 2.38. The minimum Gasteiger partial charge on any atom is -0.463 e. The van der Waals surface area contributed by atoms with Gasteiger partial charge in [-0.3, -0.25) is 0 Å². The van der Waals surface area contributed by atoms with E-state index in [1.54, 1.807) is 6.26 Å². The van der Waals surface area contributed by atoms with Gasteiger partial charge in [0.25, 0.3) is 5.88 Å². The molecule has 0 aromatic carbocycles. The summed E-state index contributed by atoms with van der Waals surface area (Å²) in [7, 11) is 0. The van der Waals surface area contributed by atoms with Crippen LogP contribution in [0.25, 0.3) is 11.3 Å². The van der Waals surface area contributed by atoms with Crippen LogP contribution >= 0.6 is 23.4 Å². The van der Waals surface area contributed by atoms with E-state index in [4.69, 9.17) is 11.6 Å². The second kappa shape index (κ2) is 6.88. The smallest absolute Gasteiger partial charge is 0.425 e. The predicted molar refractivity (Wildman–Crippen MR) is 78.2 cm³/mol. The van der Waals surface area contributed by atoms with Crippen molar-refractivity contribution in [3.05, 3.63) is 29.3 Å². The van der Waals surface area contributed by atoms with Gasteiger partial charge in [-0.1, -0.05) is 23.4 Å². The molecule has 0 aliphatic rings. The van der Waals surface area contributed by atoms with Crippen LogP contribution in [0.1, 0.15) is 6.92 Å². The fourth-order valence-corrected chi connectivity index (χ4v) is 2.14. The summed E-state index contributed by atoms with van der Waals surface area (Å²) in [5.74, 6) is -1.76. The van der Waals surface area contributed by atoms with Crippen LogP contribution in [0.4, 0.5) is 17.6 Å². The van der Waals surface area contributed by atoms with Crippen LogP contribution in [-0.4, -0.2) is 33.5 Å². The molecule has 0 spiro atoms. The van der Waals surface area contributed by atoms with Crippen LogP contribution in [0.3, 0.4) is 0 Å². The summed E-state index contributed by atoms with van der Waals surface area (Å²) in [6.45, 7) is 0.768. The lowest BCUT2D eigenvalue weighted by Gasteiger charge is -2.17. The van der Waals surface area contributed by atoms with E-state index in [1.165, 1.54) is 17.8 Å². The van der Waals surface area contributed by atoms with Crippen LogP contribution < -0.4 is 4.74 Å². The summed E-state index contributed by atoms with van der Waals surface area (Å²) in [4.78, 5) is 11.7. The highest BCUT2D eigenvalue weighted by Gasteiger charge is 2.38. The molecular weight excluding hydrogens is 358 g/mol. The summed E-state index contributed by atoms with van der Waals surface area (Å²) < 4.78 is 55.7. The molecule has 0 bridgehead atoms. The first-order valence-electron chi connectivity index (χ1n) is 6.18. The molecule has 0 amide bonds. The summed E-state index contributed by atoms with van der Waals surface area (Å²) in [5, 5.41) is 0.532. The molecule has 0 N–H and O–H groups in total. The van der Waals surface area contributed by atoms with Crippen molar-refractivity contribution in [2.75, 3.05) is 6.26 Å². The van der Waals surface area contributed by atoms with E-state index in [1.807, 2.05) is 0 Å². The van der Waals surface area contributed by atoms with E-state index >= 15 is 0 Å². The van der Waals surface area contributed by atoms with Crippen molar-refractivity contribution in [3.8, 4) is 17.1 Å². The Hall–Kier alpha value is -1.61. The van der Waals surface area contributed by atoms with Crippen LogP contribution in [0.2, 0.25) is 5.15 Å². The number of hydrogen-bond acceptors (Lipinski definition) is 5.